The summed E-state index contributed by atoms with van der Waals surface area (Å²) in [6.07, 6.45) is 1.20. The lowest BCUT2D eigenvalue weighted by Crippen LogP contribution is -2.04. The summed E-state index contributed by atoms with van der Waals surface area (Å²) in [5.74, 6) is -3.52. The molecular weight excluding hydrogens is 321 g/mol. The molecule has 1 nitrogen and oxygen atoms in total. The second kappa shape index (κ2) is 5.57. The van der Waals surface area contributed by atoms with Crippen LogP contribution < -0.4 is 0 Å². The molecule has 0 saturated heterocycles. The van der Waals surface area contributed by atoms with Gasteiger partial charge in [0, 0.05) is 11.8 Å². The number of aromatic nitrogens is 1. The maximum atomic E-state index is 13.6. The van der Waals surface area contributed by atoms with E-state index in [2.05, 4.69) is 4.98 Å². The zero-order valence-corrected chi connectivity index (χ0v) is 11.4. The number of rotatable bonds is 2. The molecule has 0 spiro atoms. The maximum absolute atomic E-state index is 13.6. The van der Waals surface area contributed by atoms with Crippen molar-refractivity contribution < 1.29 is 13.2 Å². The minimum absolute atomic E-state index is 0.0577. The first kappa shape index (κ1) is 14.4. The van der Waals surface area contributed by atoms with Crippen LogP contribution in [0.1, 0.15) is 16.5 Å². The van der Waals surface area contributed by atoms with Gasteiger partial charge in [0.15, 0.2) is 11.6 Å². The molecule has 0 amide bonds. The molecule has 0 saturated carbocycles. The van der Waals surface area contributed by atoms with Gasteiger partial charge in [-0.05, 0) is 23.8 Å². The molecule has 0 aliphatic rings. The van der Waals surface area contributed by atoms with Gasteiger partial charge in [-0.3, -0.25) is 0 Å². The highest BCUT2D eigenvalue weighted by Gasteiger charge is 2.24. The van der Waals surface area contributed by atoms with Crippen LogP contribution in [0.4, 0.5) is 13.2 Å². The van der Waals surface area contributed by atoms with E-state index in [1.54, 1.807) is 0 Å². The predicted octanol–water partition coefficient (Wildman–Crippen LogP) is 5.13. The molecule has 1 aromatic carbocycles. The number of hydrogen-bond acceptors (Lipinski definition) is 1. The van der Waals surface area contributed by atoms with Crippen molar-refractivity contribution in [3.63, 3.8) is 0 Å². The Morgan fingerprint density at radius 3 is 2.37 bits per heavy atom. The van der Waals surface area contributed by atoms with Crippen molar-refractivity contribution in [2.24, 2.45) is 0 Å². The number of halogens is 6. The number of hydrogen-bond donors (Lipinski definition) is 0. The molecule has 0 fully saturated rings. The Bertz CT molecular complexity index is 634. The van der Waals surface area contributed by atoms with E-state index in [9.17, 15) is 13.2 Å². The lowest BCUT2D eigenvalue weighted by Gasteiger charge is -2.14. The highest BCUT2D eigenvalue weighted by atomic mass is 35.5. The molecule has 0 aliphatic carbocycles. The van der Waals surface area contributed by atoms with Crippen LogP contribution in [-0.2, 0) is 0 Å². The van der Waals surface area contributed by atoms with E-state index in [0.717, 1.165) is 6.07 Å². The zero-order chi connectivity index (χ0) is 14.2. The lowest BCUT2D eigenvalue weighted by molar-refractivity contribution is 0.481. The smallest absolute Gasteiger partial charge is 0.166 e. The van der Waals surface area contributed by atoms with Crippen LogP contribution in [0.2, 0.25) is 10.2 Å². The van der Waals surface area contributed by atoms with Crippen LogP contribution in [0.3, 0.4) is 0 Å². The van der Waals surface area contributed by atoms with Gasteiger partial charge in [-0.25, -0.2) is 18.2 Å². The van der Waals surface area contributed by atoms with Crippen molar-refractivity contribution in [1.29, 1.82) is 0 Å². The molecule has 0 radical (unpaired) electrons. The summed E-state index contributed by atoms with van der Waals surface area (Å²) in [6, 6.07) is 2.74. The van der Waals surface area contributed by atoms with E-state index in [0.29, 0.717) is 6.07 Å². The normalized spacial score (nSPS) is 12.5. The van der Waals surface area contributed by atoms with Crippen molar-refractivity contribution in [3.8, 4) is 0 Å². The minimum Gasteiger partial charge on any atom is -0.243 e. The summed E-state index contributed by atoms with van der Waals surface area (Å²) in [5.41, 5.74) is -0.474. The van der Waals surface area contributed by atoms with E-state index in [1.807, 2.05) is 0 Å². The molecule has 2 aromatic rings. The second-order valence-corrected chi connectivity index (χ2v) is 4.88. The lowest BCUT2D eigenvalue weighted by atomic mass is 10.0. The van der Waals surface area contributed by atoms with Crippen LogP contribution in [0.25, 0.3) is 0 Å². The zero-order valence-electron chi connectivity index (χ0n) is 9.10. The van der Waals surface area contributed by atoms with Crippen LogP contribution in [0, 0.1) is 17.5 Å². The third-order valence-corrected chi connectivity index (χ3v) is 3.43. The van der Waals surface area contributed by atoms with Gasteiger partial charge in [0.05, 0.1) is 10.4 Å². The maximum Gasteiger partial charge on any atom is 0.166 e. The van der Waals surface area contributed by atoms with Crippen molar-refractivity contribution in [1.82, 2.24) is 4.98 Å². The fraction of sp³-hybridized carbons (Fsp3) is 0.0833. The first-order chi connectivity index (χ1) is 8.91. The molecule has 19 heavy (non-hydrogen) atoms. The van der Waals surface area contributed by atoms with Crippen LogP contribution in [0.5, 0.6) is 0 Å². The Morgan fingerprint density at radius 1 is 1.05 bits per heavy atom. The van der Waals surface area contributed by atoms with E-state index in [4.69, 9.17) is 34.8 Å². The Labute approximate surface area is 121 Å². The minimum atomic E-state index is -1.36. The second-order valence-electron chi connectivity index (χ2n) is 3.65. The van der Waals surface area contributed by atoms with Crippen molar-refractivity contribution >= 4 is 34.8 Å². The standard InChI is InChI=1S/C12H5Cl3F3N/c13-6-4-19-9(14)3-5(6)11(15)10-7(16)1-2-8(17)12(10)18/h1-4,11H. The van der Waals surface area contributed by atoms with Gasteiger partial charge in [-0.15, -0.1) is 11.6 Å². The Hall–Kier alpha value is -0.970. The topological polar surface area (TPSA) is 12.9 Å². The van der Waals surface area contributed by atoms with Gasteiger partial charge < -0.3 is 0 Å². The van der Waals surface area contributed by atoms with Crippen LogP contribution >= 0.6 is 34.8 Å². The molecular formula is C12H5Cl3F3N. The summed E-state index contributed by atoms with van der Waals surface area (Å²) in [4.78, 5) is 3.69. The number of alkyl halides is 1. The van der Waals surface area contributed by atoms with Gasteiger partial charge in [0.25, 0.3) is 0 Å². The molecule has 1 atom stereocenters. The molecule has 0 aliphatic heterocycles. The third kappa shape index (κ3) is 2.81. The average molecular weight is 327 g/mol. The average Bonchev–Trinajstić information content (AvgIpc) is 2.37. The van der Waals surface area contributed by atoms with E-state index < -0.39 is 28.4 Å². The summed E-state index contributed by atoms with van der Waals surface area (Å²) < 4.78 is 40.4. The van der Waals surface area contributed by atoms with Crippen molar-refractivity contribution in [2.75, 3.05) is 0 Å². The van der Waals surface area contributed by atoms with Gasteiger partial charge in [-0.1, -0.05) is 23.2 Å². The van der Waals surface area contributed by atoms with Gasteiger partial charge in [0.2, 0.25) is 0 Å². The monoisotopic (exact) mass is 325 g/mol. The summed E-state index contributed by atoms with van der Waals surface area (Å²) in [6.45, 7) is 0. The van der Waals surface area contributed by atoms with Gasteiger partial charge in [-0.2, -0.15) is 0 Å². The largest absolute Gasteiger partial charge is 0.243 e. The number of pyridine rings is 1. The highest BCUT2D eigenvalue weighted by Crippen LogP contribution is 2.37. The fourth-order valence-electron chi connectivity index (χ4n) is 1.55. The number of benzene rings is 1. The molecule has 1 aromatic heterocycles. The first-order valence-corrected chi connectivity index (χ1v) is 6.19. The summed E-state index contributed by atoms with van der Waals surface area (Å²) in [7, 11) is 0. The Kier molecular flexibility index (Phi) is 4.23. The first-order valence-electron chi connectivity index (χ1n) is 5.00. The Balaban J connectivity index is 2.59. The van der Waals surface area contributed by atoms with E-state index in [1.165, 1.54) is 12.3 Å². The SMILES string of the molecule is Fc1ccc(F)c(C(Cl)c2cc(Cl)ncc2Cl)c1F. The van der Waals surface area contributed by atoms with Crippen molar-refractivity contribution in [3.05, 3.63) is 63.2 Å². The summed E-state index contributed by atoms with van der Waals surface area (Å²) in [5, 5.41) is -1.18. The highest BCUT2D eigenvalue weighted by molar-refractivity contribution is 6.34. The van der Waals surface area contributed by atoms with Crippen LogP contribution in [0.15, 0.2) is 24.4 Å². The molecule has 1 unspecified atom stereocenters. The molecule has 2 rings (SSSR count). The van der Waals surface area contributed by atoms with E-state index in [-0.39, 0.29) is 15.7 Å². The fourth-order valence-corrected chi connectivity index (χ4v) is 2.37. The molecule has 100 valence electrons. The quantitative estimate of drug-likeness (QED) is 0.423. The van der Waals surface area contributed by atoms with Gasteiger partial charge >= 0.3 is 0 Å². The predicted molar refractivity (Wildman–Crippen MR) is 68.3 cm³/mol. The molecule has 0 N–H and O–H groups in total. The number of nitrogens with zero attached hydrogens (tertiary/aromatic N) is 1. The summed E-state index contributed by atoms with van der Waals surface area (Å²) >= 11 is 17.5. The Morgan fingerprint density at radius 2 is 1.68 bits per heavy atom. The van der Waals surface area contributed by atoms with E-state index >= 15 is 0 Å². The van der Waals surface area contributed by atoms with Gasteiger partial charge in [0.1, 0.15) is 11.0 Å². The van der Waals surface area contributed by atoms with Crippen molar-refractivity contribution in [2.45, 2.75) is 5.38 Å². The molecule has 0 bridgehead atoms. The molecule has 7 heteroatoms. The third-order valence-electron chi connectivity index (χ3n) is 2.46. The molecule has 1 heterocycles. The van der Waals surface area contributed by atoms with Crippen LogP contribution in [-0.4, -0.2) is 4.98 Å².